The third-order valence-electron chi connectivity index (χ3n) is 5.07. The smallest absolute Gasteiger partial charge is 0.247 e. The molecule has 0 radical (unpaired) electrons. The number of carbonyl (C=O) groups excluding carboxylic acids is 1. The van der Waals surface area contributed by atoms with E-state index in [1.807, 2.05) is 24.3 Å². The average molecular weight is 444 g/mol. The number of hydrogen-bond donors (Lipinski definition) is 2. The lowest BCUT2D eigenvalue weighted by Crippen LogP contribution is -2.36. The predicted octanol–water partition coefficient (Wildman–Crippen LogP) is 3.86. The Labute approximate surface area is 190 Å². The van der Waals surface area contributed by atoms with Gasteiger partial charge in [-0.15, -0.1) is 0 Å². The molecule has 1 aromatic heterocycles. The highest BCUT2D eigenvalue weighted by atomic mass is 19.1. The van der Waals surface area contributed by atoms with Gasteiger partial charge in [0.2, 0.25) is 11.9 Å². The Balaban J connectivity index is 1.63. The van der Waals surface area contributed by atoms with Gasteiger partial charge in [0.1, 0.15) is 11.9 Å². The van der Waals surface area contributed by atoms with E-state index in [-0.39, 0.29) is 17.2 Å². The Hall–Kier alpha value is -4.29. The molecule has 9 heteroatoms. The van der Waals surface area contributed by atoms with E-state index < -0.39 is 11.7 Å². The molecule has 2 heterocycles. The van der Waals surface area contributed by atoms with E-state index in [1.165, 1.54) is 24.4 Å². The molecule has 4 rings (SSSR count). The van der Waals surface area contributed by atoms with Gasteiger partial charge < -0.3 is 20.3 Å². The second kappa shape index (κ2) is 9.89. The number of hydrogen-bond acceptors (Lipinski definition) is 7. The lowest BCUT2D eigenvalue weighted by atomic mass is 10.1. The number of nitriles is 1. The van der Waals surface area contributed by atoms with Gasteiger partial charge in [-0.1, -0.05) is 12.6 Å². The van der Waals surface area contributed by atoms with Crippen molar-refractivity contribution in [2.24, 2.45) is 0 Å². The second-order valence-corrected chi connectivity index (χ2v) is 7.23. The Kier molecular flexibility index (Phi) is 6.57. The summed E-state index contributed by atoms with van der Waals surface area (Å²) >= 11 is 0. The van der Waals surface area contributed by atoms with Crippen LogP contribution in [-0.4, -0.2) is 42.2 Å². The molecular weight excluding hydrogens is 423 g/mol. The molecule has 0 atom stereocenters. The van der Waals surface area contributed by atoms with Crippen molar-refractivity contribution in [1.82, 2.24) is 9.97 Å². The van der Waals surface area contributed by atoms with Crippen molar-refractivity contribution in [3.63, 3.8) is 0 Å². The molecule has 0 aliphatic carbocycles. The Morgan fingerprint density at radius 1 is 1.24 bits per heavy atom. The monoisotopic (exact) mass is 444 g/mol. The highest BCUT2D eigenvalue weighted by molar-refractivity contribution is 5.99. The van der Waals surface area contributed by atoms with Crippen LogP contribution in [0.25, 0.3) is 11.3 Å². The summed E-state index contributed by atoms with van der Waals surface area (Å²) in [5, 5.41) is 15.1. The van der Waals surface area contributed by atoms with Crippen LogP contribution >= 0.6 is 0 Å². The molecule has 1 aliphatic heterocycles. The van der Waals surface area contributed by atoms with Gasteiger partial charge >= 0.3 is 0 Å². The molecule has 166 valence electrons. The topological polar surface area (TPSA) is 103 Å². The molecular formula is C24H21FN6O2. The van der Waals surface area contributed by atoms with Gasteiger partial charge in [0.05, 0.1) is 36.4 Å². The average Bonchev–Trinajstić information content (AvgIpc) is 2.86. The number of benzene rings is 2. The molecule has 2 aromatic carbocycles. The minimum atomic E-state index is -0.611. The van der Waals surface area contributed by atoms with Crippen molar-refractivity contribution < 1.29 is 13.9 Å². The summed E-state index contributed by atoms with van der Waals surface area (Å²) in [6.45, 7) is 6.37. The summed E-state index contributed by atoms with van der Waals surface area (Å²) in [5.41, 5.74) is 2.79. The van der Waals surface area contributed by atoms with Gasteiger partial charge in [0.25, 0.3) is 0 Å². The van der Waals surface area contributed by atoms with Crippen molar-refractivity contribution in [3.05, 3.63) is 72.7 Å². The first-order valence-corrected chi connectivity index (χ1v) is 10.3. The van der Waals surface area contributed by atoms with E-state index in [1.54, 1.807) is 0 Å². The Morgan fingerprint density at radius 3 is 2.82 bits per heavy atom. The van der Waals surface area contributed by atoms with Crippen molar-refractivity contribution in [3.8, 4) is 17.3 Å². The van der Waals surface area contributed by atoms with Gasteiger partial charge in [-0.3, -0.25) is 4.79 Å². The largest absolute Gasteiger partial charge is 0.378 e. The number of amides is 1. The standard InChI is InChI=1S/C24H21FN6O2/c1-2-22(32)29-21-12-16(6-7-20(21)25)23-17(14-26)15-27-24(30-23)28-18-4-3-5-19(13-18)31-8-10-33-11-9-31/h2-7,12-13,15H,1,8-11H2,(H,29,32)(H,27,28,30). The van der Waals surface area contributed by atoms with Crippen molar-refractivity contribution >= 4 is 28.9 Å². The van der Waals surface area contributed by atoms with Gasteiger partial charge in [0, 0.05) is 30.0 Å². The maximum atomic E-state index is 14.2. The van der Waals surface area contributed by atoms with E-state index >= 15 is 0 Å². The Morgan fingerprint density at radius 2 is 2.06 bits per heavy atom. The zero-order valence-electron chi connectivity index (χ0n) is 17.7. The Bertz CT molecular complexity index is 1230. The minimum Gasteiger partial charge on any atom is -0.378 e. The number of rotatable bonds is 6. The third-order valence-corrected chi connectivity index (χ3v) is 5.07. The number of aromatic nitrogens is 2. The van der Waals surface area contributed by atoms with Crippen LogP contribution in [0, 0.1) is 17.1 Å². The van der Waals surface area contributed by atoms with Crippen LogP contribution in [0.4, 0.5) is 27.4 Å². The molecule has 1 fully saturated rings. The number of morpholine rings is 1. The molecule has 0 unspecified atom stereocenters. The highest BCUT2D eigenvalue weighted by Gasteiger charge is 2.15. The zero-order chi connectivity index (χ0) is 23.2. The van der Waals surface area contributed by atoms with Gasteiger partial charge in [-0.05, 0) is 42.5 Å². The summed E-state index contributed by atoms with van der Waals surface area (Å²) in [7, 11) is 0. The quantitative estimate of drug-likeness (QED) is 0.557. The first-order valence-electron chi connectivity index (χ1n) is 10.3. The number of nitrogens with one attached hydrogen (secondary N) is 2. The first-order chi connectivity index (χ1) is 16.1. The molecule has 8 nitrogen and oxygen atoms in total. The van der Waals surface area contributed by atoms with Crippen LogP contribution in [0.15, 0.2) is 61.3 Å². The maximum absolute atomic E-state index is 14.2. The first kappa shape index (κ1) is 21.9. The SMILES string of the molecule is C=CC(=O)Nc1cc(-c2nc(Nc3cccc(N4CCOCC4)c3)ncc2C#N)ccc1F. The highest BCUT2D eigenvalue weighted by Crippen LogP contribution is 2.28. The van der Waals surface area contributed by atoms with Crippen LogP contribution in [0.3, 0.4) is 0 Å². The second-order valence-electron chi connectivity index (χ2n) is 7.23. The maximum Gasteiger partial charge on any atom is 0.247 e. The molecule has 1 amide bonds. The molecule has 0 spiro atoms. The van der Waals surface area contributed by atoms with Crippen LogP contribution < -0.4 is 15.5 Å². The van der Waals surface area contributed by atoms with E-state index in [0.29, 0.717) is 24.5 Å². The van der Waals surface area contributed by atoms with Crippen molar-refractivity contribution in [1.29, 1.82) is 5.26 Å². The van der Waals surface area contributed by atoms with Crippen molar-refractivity contribution in [2.75, 3.05) is 41.8 Å². The fourth-order valence-electron chi connectivity index (χ4n) is 3.43. The van der Waals surface area contributed by atoms with E-state index in [2.05, 4.69) is 38.1 Å². The summed E-state index contributed by atoms with van der Waals surface area (Å²) < 4.78 is 19.6. The van der Waals surface area contributed by atoms with Crippen molar-refractivity contribution in [2.45, 2.75) is 0 Å². The number of ether oxygens (including phenoxy) is 1. The number of halogens is 1. The molecule has 1 saturated heterocycles. The van der Waals surface area contributed by atoms with Gasteiger partial charge in [-0.2, -0.15) is 5.26 Å². The van der Waals surface area contributed by atoms with Gasteiger partial charge in [0.15, 0.2) is 0 Å². The number of anilines is 4. The fourth-order valence-corrected chi connectivity index (χ4v) is 3.43. The summed E-state index contributed by atoms with van der Waals surface area (Å²) in [6, 6.07) is 14.0. The fraction of sp³-hybridized carbons (Fsp3) is 0.167. The zero-order valence-corrected chi connectivity index (χ0v) is 17.7. The molecule has 1 aliphatic rings. The predicted molar refractivity (Wildman–Crippen MR) is 124 cm³/mol. The number of nitrogens with zero attached hydrogens (tertiary/aromatic N) is 4. The number of carbonyl (C=O) groups is 1. The summed E-state index contributed by atoms with van der Waals surface area (Å²) in [4.78, 5) is 22.6. The van der Waals surface area contributed by atoms with E-state index in [4.69, 9.17) is 4.74 Å². The van der Waals surface area contributed by atoms with Gasteiger partial charge in [-0.25, -0.2) is 14.4 Å². The lowest BCUT2D eigenvalue weighted by Gasteiger charge is -2.29. The van der Waals surface area contributed by atoms with Crippen LogP contribution in [0.2, 0.25) is 0 Å². The molecule has 0 bridgehead atoms. The molecule has 3 aromatic rings. The van der Waals surface area contributed by atoms with E-state index in [0.717, 1.165) is 30.5 Å². The summed E-state index contributed by atoms with van der Waals surface area (Å²) in [5.74, 6) is -0.874. The lowest BCUT2D eigenvalue weighted by molar-refractivity contribution is -0.111. The summed E-state index contributed by atoms with van der Waals surface area (Å²) in [6.07, 6.45) is 2.45. The van der Waals surface area contributed by atoms with Crippen LogP contribution in [0.1, 0.15) is 5.56 Å². The normalized spacial score (nSPS) is 13.2. The third kappa shape index (κ3) is 5.14. The van der Waals surface area contributed by atoms with E-state index in [9.17, 15) is 14.4 Å². The molecule has 33 heavy (non-hydrogen) atoms. The molecule has 0 saturated carbocycles. The van der Waals surface area contributed by atoms with Crippen LogP contribution in [-0.2, 0) is 9.53 Å². The minimum absolute atomic E-state index is 0.0346. The molecule has 2 N–H and O–H groups in total. The van der Waals surface area contributed by atoms with Crippen LogP contribution in [0.5, 0.6) is 0 Å².